The van der Waals surface area contributed by atoms with Crippen molar-refractivity contribution in [3.05, 3.63) is 24.2 Å². The molecule has 19 heteroatoms. The third-order valence-electron chi connectivity index (χ3n) is 5.46. The number of phosphoric acid groups is 2. The summed E-state index contributed by atoms with van der Waals surface area (Å²) < 4.78 is 48.3. The Labute approximate surface area is 210 Å². The number of aliphatic hydroxyl groups excluding tert-OH is 4. The lowest BCUT2D eigenvalue weighted by Gasteiger charge is -2.41. The highest BCUT2D eigenvalue weighted by Crippen LogP contribution is 2.59. The molecule has 6 N–H and O–H groups in total. The molecule has 206 valence electrons. The zero-order chi connectivity index (χ0) is 27.0. The number of aliphatic hydroxyl groups is 4. The van der Waals surface area contributed by atoms with Crippen LogP contribution in [-0.2, 0) is 36.8 Å². The van der Waals surface area contributed by atoms with Crippen molar-refractivity contribution in [1.29, 1.82) is 0 Å². The Morgan fingerprint density at radius 1 is 1.28 bits per heavy atom. The number of ether oxygens (including phenoxy) is 2. The molecule has 5 unspecified atom stereocenters. The fraction of sp³-hybridized carbons (Fsp3) is 0.706. The van der Waals surface area contributed by atoms with Crippen molar-refractivity contribution in [2.24, 2.45) is 0 Å². The number of carbonyl (C=O) groups excluding carboxylic acids is 1. The van der Waals surface area contributed by atoms with Gasteiger partial charge < -0.3 is 49.9 Å². The van der Waals surface area contributed by atoms with Crippen LogP contribution in [0.3, 0.4) is 0 Å². The van der Waals surface area contributed by atoms with Gasteiger partial charge in [-0.2, -0.15) is 12.6 Å². The fourth-order valence-electron chi connectivity index (χ4n) is 3.55. The van der Waals surface area contributed by atoms with E-state index < -0.39 is 77.1 Å². The molecule has 1 amide bonds. The van der Waals surface area contributed by atoms with Crippen LogP contribution in [0.1, 0.15) is 13.3 Å². The second-order valence-corrected chi connectivity index (χ2v) is 11.7. The van der Waals surface area contributed by atoms with Gasteiger partial charge in [-0.05, 0) is 6.92 Å². The Bertz CT molecular complexity index is 981. The third kappa shape index (κ3) is 6.95. The van der Waals surface area contributed by atoms with Gasteiger partial charge in [0.15, 0.2) is 6.29 Å². The second kappa shape index (κ2) is 11.5. The Morgan fingerprint density at radius 2 is 1.94 bits per heavy atom. The quantitative estimate of drug-likeness (QED) is 0.112. The SMILES string of the molecule is C=C1NC(=O)C(C)=CN1[C@H]1CC(O)[C@@H](COP(=O)(O)OP(=O)([O-])O[C@H]2OC(CO)[C@@H](O)[C@H](O)C2S)O1. The summed E-state index contributed by atoms with van der Waals surface area (Å²) in [6, 6.07) is 0. The van der Waals surface area contributed by atoms with Gasteiger partial charge in [-0.15, -0.1) is 0 Å². The van der Waals surface area contributed by atoms with E-state index in [0.717, 1.165) is 0 Å². The van der Waals surface area contributed by atoms with Crippen LogP contribution in [-0.4, -0.2) is 97.6 Å². The maximum Gasteiger partial charge on any atom is 0.478 e. The van der Waals surface area contributed by atoms with Crippen molar-refractivity contribution in [2.45, 2.75) is 61.6 Å². The Balaban J connectivity index is 1.56. The predicted octanol–water partition coefficient (Wildman–Crippen LogP) is -2.37. The van der Waals surface area contributed by atoms with Gasteiger partial charge in [0.25, 0.3) is 13.7 Å². The first kappa shape index (κ1) is 29.7. The minimum absolute atomic E-state index is 0.00496. The fourth-order valence-corrected chi connectivity index (χ4v) is 6.08. The van der Waals surface area contributed by atoms with Crippen molar-refractivity contribution in [3.63, 3.8) is 0 Å². The van der Waals surface area contributed by atoms with Crippen LogP contribution >= 0.6 is 28.3 Å². The molecule has 3 rings (SSSR count). The molecule has 3 aliphatic rings. The third-order valence-corrected chi connectivity index (χ3v) is 8.58. The van der Waals surface area contributed by atoms with E-state index in [0.29, 0.717) is 5.57 Å². The zero-order valence-electron chi connectivity index (χ0n) is 18.7. The number of nitrogens with one attached hydrogen (secondary N) is 1. The van der Waals surface area contributed by atoms with Crippen LogP contribution in [0, 0.1) is 0 Å². The molecule has 0 aromatic rings. The number of amides is 1. The minimum Gasteiger partial charge on any atom is -0.756 e. The predicted molar refractivity (Wildman–Crippen MR) is 118 cm³/mol. The van der Waals surface area contributed by atoms with Crippen LogP contribution in [0.15, 0.2) is 24.2 Å². The number of hydrogen-bond acceptors (Lipinski definition) is 15. The van der Waals surface area contributed by atoms with Gasteiger partial charge in [-0.3, -0.25) is 18.4 Å². The standard InChI is InChI=1S/C17H28N2O14P2S/c1-7-4-19(8(2)18-16(7)24)12-3-9(21)11(30-12)6-29-34(25,26)33-35(27,28)32-17-15(36)14(23)13(22)10(5-20)31-17/h4,9-15,17,20-23,36H,2-3,5-6H2,1H3,(H,18,24)(H,25,26)(H,27,28)/p-1/t9?,10?,11-,12-,13-,14+,15?,17-/m1/s1. The van der Waals surface area contributed by atoms with Gasteiger partial charge in [-0.25, -0.2) is 8.88 Å². The van der Waals surface area contributed by atoms with E-state index in [1.54, 1.807) is 6.92 Å². The van der Waals surface area contributed by atoms with E-state index in [-0.39, 0.29) is 18.1 Å². The highest BCUT2D eigenvalue weighted by atomic mass is 32.1. The minimum atomic E-state index is -5.64. The summed E-state index contributed by atoms with van der Waals surface area (Å²) in [4.78, 5) is 35.1. The molecular weight excluding hydrogens is 550 g/mol. The maximum atomic E-state index is 12.2. The Hall–Kier alpha value is -0.880. The summed E-state index contributed by atoms with van der Waals surface area (Å²) >= 11 is 3.89. The topological polar surface area (TPSA) is 237 Å². The molecule has 16 nitrogen and oxygen atoms in total. The van der Waals surface area contributed by atoms with Crippen LogP contribution in [0.25, 0.3) is 0 Å². The molecule has 2 saturated heterocycles. The number of rotatable bonds is 9. The monoisotopic (exact) mass is 577 g/mol. The summed E-state index contributed by atoms with van der Waals surface area (Å²) in [5.74, 6) is -0.184. The molecular formula is C17H27N2O14P2S-. The summed E-state index contributed by atoms with van der Waals surface area (Å²) in [6.07, 6.45) is -8.34. The number of hydrogen-bond donors (Lipinski definition) is 7. The molecule has 36 heavy (non-hydrogen) atoms. The Morgan fingerprint density at radius 3 is 2.58 bits per heavy atom. The lowest BCUT2D eigenvalue weighted by Crippen LogP contribution is -2.57. The molecule has 0 aliphatic carbocycles. The number of carbonyl (C=O) groups is 1. The number of thiol groups is 1. The van der Waals surface area contributed by atoms with Gasteiger partial charge in [0.2, 0.25) is 0 Å². The summed E-state index contributed by atoms with van der Waals surface area (Å²) in [5.41, 5.74) is 0.345. The molecule has 0 aromatic carbocycles. The van der Waals surface area contributed by atoms with E-state index in [4.69, 9.17) is 9.47 Å². The number of nitrogens with zero attached hydrogens (tertiary/aromatic N) is 1. The van der Waals surface area contributed by atoms with E-state index in [1.165, 1.54) is 11.1 Å². The van der Waals surface area contributed by atoms with Crippen molar-refractivity contribution < 1.29 is 67.0 Å². The van der Waals surface area contributed by atoms with Gasteiger partial charge in [0.1, 0.15) is 30.4 Å². The zero-order valence-corrected chi connectivity index (χ0v) is 21.4. The largest absolute Gasteiger partial charge is 0.756 e. The van der Waals surface area contributed by atoms with Crippen LogP contribution in [0.4, 0.5) is 0 Å². The first-order valence-electron chi connectivity index (χ1n) is 10.4. The van der Waals surface area contributed by atoms with E-state index in [2.05, 4.69) is 37.9 Å². The van der Waals surface area contributed by atoms with Crippen molar-refractivity contribution in [3.8, 4) is 0 Å². The highest BCUT2D eigenvalue weighted by Gasteiger charge is 2.46. The van der Waals surface area contributed by atoms with Crippen molar-refractivity contribution in [2.75, 3.05) is 13.2 Å². The van der Waals surface area contributed by atoms with Crippen LogP contribution < -0.4 is 10.2 Å². The second-order valence-electron chi connectivity index (χ2n) is 8.15. The van der Waals surface area contributed by atoms with Gasteiger partial charge in [0, 0.05) is 18.2 Å². The van der Waals surface area contributed by atoms with Crippen LogP contribution in [0.5, 0.6) is 0 Å². The van der Waals surface area contributed by atoms with Crippen LogP contribution in [0.2, 0.25) is 0 Å². The average molecular weight is 577 g/mol. The lowest BCUT2D eigenvalue weighted by molar-refractivity contribution is -0.268. The normalized spacial score (nSPS) is 38.8. The van der Waals surface area contributed by atoms with Gasteiger partial charge in [-0.1, -0.05) is 6.58 Å². The smallest absolute Gasteiger partial charge is 0.478 e. The molecule has 10 atom stereocenters. The summed E-state index contributed by atoms with van der Waals surface area (Å²) in [7, 11) is -11.0. The van der Waals surface area contributed by atoms with Gasteiger partial charge in [0.05, 0.1) is 30.7 Å². The van der Waals surface area contributed by atoms with Crippen molar-refractivity contribution in [1.82, 2.24) is 10.2 Å². The van der Waals surface area contributed by atoms with E-state index in [9.17, 15) is 44.1 Å². The summed E-state index contributed by atoms with van der Waals surface area (Å²) in [6.45, 7) is 3.66. The number of phosphoric ester groups is 2. The maximum absolute atomic E-state index is 12.2. The molecule has 0 radical (unpaired) electrons. The molecule has 3 heterocycles. The lowest BCUT2D eigenvalue weighted by atomic mass is 10.0. The molecule has 3 aliphatic heterocycles. The average Bonchev–Trinajstić information content (AvgIpc) is 3.14. The molecule has 0 saturated carbocycles. The molecule has 2 fully saturated rings. The molecule has 0 aromatic heterocycles. The highest BCUT2D eigenvalue weighted by molar-refractivity contribution is 7.81. The van der Waals surface area contributed by atoms with E-state index in [1.807, 2.05) is 0 Å². The first-order chi connectivity index (χ1) is 16.6. The summed E-state index contributed by atoms with van der Waals surface area (Å²) in [5, 5.41) is 40.2. The first-order valence-corrected chi connectivity index (χ1v) is 13.9. The molecule has 0 bridgehead atoms. The Kier molecular flexibility index (Phi) is 9.46. The molecule has 0 spiro atoms. The van der Waals surface area contributed by atoms with Gasteiger partial charge >= 0.3 is 7.82 Å². The van der Waals surface area contributed by atoms with Crippen molar-refractivity contribution >= 4 is 34.2 Å². The van der Waals surface area contributed by atoms with E-state index >= 15 is 0 Å².